The maximum absolute atomic E-state index is 6.29. The van der Waals surface area contributed by atoms with Crippen LogP contribution in [0.1, 0.15) is 82.1 Å². The standard InChI is InChI=1S/C19H44O4Si2/c1-11-18(20-14(3)4,21-15(5)6)24-13-25-19(12-2,22-16(7)8)23-17(9)10/h14-17H,11-13,24-25H2,1-10H3. The van der Waals surface area contributed by atoms with Crippen LogP contribution in [0.25, 0.3) is 0 Å². The van der Waals surface area contributed by atoms with Gasteiger partial charge in [-0.05, 0) is 68.2 Å². The first-order valence-corrected chi connectivity index (χ1v) is 13.6. The van der Waals surface area contributed by atoms with Crippen LogP contribution in [0.2, 0.25) is 5.67 Å². The third-order valence-electron chi connectivity index (χ3n) is 3.99. The number of ether oxygens (including phenoxy) is 4. The van der Waals surface area contributed by atoms with E-state index in [-0.39, 0.29) is 35.2 Å². The SMILES string of the molecule is CCC(OC(C)C)(OC(C)C)[SiH2]C[SiH2]C(CC)(OC(C)C)OC(C)C. The predicted octanol–water partition coefficient (Wildman–Crippen LogP) is 3.53. The highest BCUT2D eigenvalue weighted by Crippen LogP contribution is 2.26. The molecule has 0 aliphatic rings. The molecule has 0 atom stereocenters. The fourth-order valence-corrected chi connectivity index (χ4v) is 10.9. The Morgan fingerprint density at radius 3 is 0.960 bits per heavy atom. The Morgan fingerprint density at radius 1 is 0.560 bits per heavy atom. The van der Waals surface area contributed by atoms with Crippen LogP contribution in [0.4, 0.5) is 0 Å². The summed E-state index contributed by atoms with van der Waals surface area (Å²) in [5.74, 6) is 0. The molecule has 6 heteroatoms. The summed E-state index contributed by atoms with van der Waals surface area (Å²) < 4.78 is 25.2. The zero-order valence-electron chi connectivity index (χ0n) is 18.5. The minimum absolute atomic E-state index is 0.183. The van der Waals surface area contributed by atoms with Gasteiger partial charge in [-0.2, -0.15) is 0 Å². The molecule has 0 unspecified atom stereocenters. The molecule has 0 heterocycles. The first kappa shape index (κ1) is 25.3. The maximum Gasteiger partial charge on any atom is 0.145 e. The van der Waals surface area contributed by atoms with Crippen molar-refractivity contribution in [3.05, 3.63) is 0 Å². The molecule has 0 radical (unpaired) electrons. The van der Waals surface area contributed by atoms with Crippen LogP contribution in [-0.2, 0) is 18.9 Å². The lowest BCUT2D eigenvalue weighted by Crippen LogP contribution is -2.50. The van der Waals surface area contributed by atoms with Gasteiger partial charge in [0.15, 0.2) is 0 Å². The molecule has 0 fully saturated rings. The van der Waals surface area contributed by atoms with Crippen molar-refractivity contribution >= 4 is 19.0 Å². The van der Waals surface area contributed by atoms with Crippen LogP contribution < -0.4 is 0 Å². The minimum Gasteiger partial charge on any atom is -0.352 e. The molecule has 0 bridgehead atoms. The summed E-state index contributed by atoms with van der Waals surface area (Å²) in [5.41, 5.74) is 0.496. The van der Waals surface area contributed by atoms with E-state index in [1.54, 1.807) is 0 Å². The monoisotopic (exact) mass is 392 g/mol. The van der Waals surface area contributed by atoms with Crippen LogP contribution in [0, 0.1) is 0 Å². The van der Waals surface area contributed by atoms with Gasteiger partial charge in [-0.1, -0.05) is 19.5 Å². The van der Waals surface area contributed by atoms with Gasteiger partial charge in [0.1, 0.15) is 10.8 Å². The lowest BCUT2D eigenvalue weighted by Gasteiger charge is -2.39. The second kappa shape index (κ2) is 11.9. The molecule has 0 spiro atoms. The molecular weight excluding hydrogens is 348 g/mol. The van der Waals surface area contributed by atoms with E-state index in [0.29, 0.717) is 0 Å². The van der Waals surface area contributed by atoms with E-state index in [1.807, 2.05) is 0 Å². The summed E-state index contributed by atoms with van der Waals surface area (Å²) in [7, 11) is -1.13. The molecule has 0 saturated heterocycles. The fraction of sp³-hybridized carbons (Fsp3) is 1.00. The molecular formula is C19H44O4Si2. The Labute approximate surface area is 161 Å². The van der Waals surface area contributed by atoms with E-state index < -0.39 is 19.0 Å². The molecule has 0 aromatic heterocycles. The van der Waals surface area contributed by atoms with E-state index in [2.05, 4.69) is 69.2 Å². The van der Waals surface area contributed by atoms with Crippen LogP contribution in [0.5, 0.6) is 0 Å². The van der Waals surface area contributed by atoms with Crippen molar-refractivity contribution < 1.29 is 18.9 Å². The van der Waals surface area contributed by atoms with E-state index in [1.165, 1.54) is 5.67 Å². The van der Waals surface area contributed by atoms with Crippen LogP contribution in [0.15, 0.2) is 0 Å². The van der Waals surface area contributed by atoms with Crippen LogP contribution in [0.3, 0.4) is 0 Å². The average molecular weight is 393 g/mol. The first-order chi connectivity index (χ1) is 11.5. The van der Waals surface area contributed by atoms with Crippen molar-refractivity contribution in [2.24, 2.45) is 0 Å². The van der Waals surface area contributed by atoms with Crippen molar-refractivity contribution in [3.63, 3.8) is 0 Å². The molecule has 0 aromatic rings. The zero-order valence-corrected chi connectivity index (χ0v) is 21.3. The summed E-state index contributed by atoms with van der Waals surface area (Å²) in [6, 6.07) is 0. The van der Waals surface area contributed by atoms with Crippen molar-refractivity contribution in [3.8, 4) is 0 Å². The van der Waals surface area contributed by atoms with Gasteiger partial charge < -0.3 is 18.9 Å². The van der Waals surface area contributed by atoms with Gasteiger partial charge in [0.05, 0.1) is 43.5 Å². The molecule has 0 aliphatic carbocycles. The van der Waals surface area contributed by atoms with E-state index >= 15 is 0 Å². The molecule has 0 saturated carbocycles. The van der Waals surface area contributed by atoms with Gasteiger partial charge in [-0.3, -0.25) is 0 Å². The number of rotatable bonds is 14. The molecule has 0 amide bonds. The van der Waals surface area contributed by atoms with Crippen molar-refractivity contribution in [1.29, 1.82) is 0 Å². The van der Waals surface area contributed by atoms with Gasteiger partial charge in [0.2, 0.25) is 0 Å². The summed E-state index contributed by atoms with van der Waals surface area (Å²) >= 11 is 0. The summed E-state index contributed by atoms with van der Waals surface area (Å²) in [5, 5.41) is 0. The average Bonchev–Trinajstić information content (AvgIpc) is 2.44. The topological polar surface area (TPSA) is 36.9 Å². The highest BCUT2D eigenvalue weighted by Gasteiger charge is 2.36. The zero-order chi connectivity index (χ0) is 19.7. The van der Waals surface area contributed by atoms with E-state index in [0.717, 1.165) is 12.8 Å². The van der Waals surface area contributed by atoms with E-state index in [4.69, 9.17) is 18.9 Å². The second-order valence-corrected chi connectivity index (χ2v) is 14.0. The lowest BCUT2D eigenvalue weighted by molar-refractivity contribution is -0.219. The Morgan fingerprint density at radius 2 is 0.800 bits per heavy atom. The van der Waals surface area contributed by atoms with Crippen LogP contribution >= 0.6 is 0 Å². The van der Waals surface area contributed by atoms with Crippen molar-refractivity contribution in [2.45, 2.75) is 123 Å². The molecule has 0 N–H and O–H groups in total. The summed E-state index contributed by atoms with van der Waals surface area (Å²) in [6.45, 7) is 21.1. The third-order valence-corrected chi connectivity index (χ3v) is 10.0. The van der Waals surface area contributed by atoms with Gasteiger partial charge in [-0.15, -0.1) is 0 Å². The Kier molecular flexibility index (Phi) is 12.0. The lowest BCUT2D eigenvalue weighted by atomic mass is 10.4. The first-order valence-electron chi connectivity index (χ1n) is 10.2. The molecule has 152 valence electrons. The van der Waals surface area contributed by atoms with E-state index in [9.17, 15) is 0 Å². The fourth-order valence-electron chi connectivity index (χ4n) is 3.32. The quantitative estimate of drug-likeness (QED) is 0.335. The molecule has 4 nitrogen and oxygen atoms in total. The van der Waals surface area contributed by atoms with Gasteiger partial charge in [0, 0.05) is 0 Å². The van der Waals surface area contributed by atoms with Crippen LogP contribution in [-0.4, -0.2) is 54.3 Å². The molecule has 0 aliphatic heterocycles. The molecule has 0 aromatic carbocycles. The highest BCUT2D eigenvalue weighted by molar-refractivity contribution is 6.58. The van der Waals surface area contributed by atoms with Gasteiger partial charge in [0.25, 0.3) is 0 Å². The third kappa shape index (κ3) is 10.3. The second-order valence-electron chi connectivity index (χ2n) is 8.05. The highest BCUT2D eigenvalue weighted by atomic mass is 28.3. The van der Waals surface area contributed by atoms with Crippen molar-refractivity contribution in [1.82, 2.24) is 0 Å². The number of hydrogen-bond acceptors (Lipinski definition) is 4. The summed E-state index contributed by atoms with van der Waals surface area (Å²) in [6.07, 6.45) is 2.56. The van der Waals surface area contributed by atoms with Crippen molar-refractivity contribution in [2.75, 3.05) is 0 Å². The normalized spacial score (nSPS) is 14.6. The molecule has 25 heavy (non-hydrogen) atoms. The Hall–Kier alpha value is 0.274. The largest absolute Gasteiger partial charge is 0.352 e. The Balaban J connectivity index is 5.08. The number of hydrogen-bond donors (Lipinski definition) is 0. The van der Waals surface area contributed by atoms with Gasteiger partial charge in [-0.25, -0.2) is 0 Å². The smallest absolute Gasteiger partial charge is 0.145 e. The minimum atomic E-state index is -0.567. The molecule has 0 rings (SSSR count). The maximum atomic E-state index is 6.29. The summed E-state index contributed by atoms with van der Waals surface area (Å²) in [4.78, 5) is 0. The predicted molar refractivity (Wildman–Crippen MR) is 113 cm³/mol. The van der Waals surface area contributed by atoms with Gasteiger partial charge >= 0.3 is 0 Å². The Bertz CT molecular complexity index is 294.